The van der Waals surface area contributed by atoms with Crippen LogP contribution in [0.2, 0.25) is 0 Å². The zero-order valence-electron chi connectivity index (χ0n) is 17.8. The first-order valence-corrected chi connectivity index (χ1v) is 11.5. The number of rotatable bonds is 4. The van der Waals surface area contributed by atoms with Crippen LogP contribution in [0.5, 0.6) is 5.75 Å². The van der Waals surface area contributed by atoms with E-state index in [4.69, 9.17) is 10.5 Å². The van der Waals surface area contributed by atoms with E-state index in [0.717, 1.165) is 31.7 Å². The third kappa shape index (κ3) is 4.53. The van der Waals surface area contributed by atoms with E-state index in [1.54, 1.807) is 24.3 Å². The molecule has 1 aromatic heterocycles. The fourth-order valence-corrected chi connectivity index (χ4v) is 4.70. The summed E-state index contributed by atoms with van der Waals surface area (Å²) in [6.45, 7) is 2.39. The highest BCUT2D eigenvalue weighted by molar-refractivity contribution is 5.69. The lowest BCUT2D eigenvalue weighted by atomic mass is 9.82. The van der Waals surface area contributed by atoms with Gasteiger partial charge < -0.3 is 20.5 Å². The molecule has 2 aliphatic carbocycles. The maximum absolute atomic E-state index is 10.1. The summed E-state index contributed by atoms with van der Waals surface area (Å²) in [5, 5.41) is 18.2. The van der Waals surface area contributed by atoms with Crippen molar-refractivity contribution in [2.45, 2.75) is 63.2 Å². The number of aromatic hydroxyl groups is 1. The molecule has 3 fully saturated rings. The number of ether oxygens (including phenoxy) is 1. The number of phenols is 1. The lowest BCUT2D eigenvalue weighted by Crippen LogP contribution is -2.47. The highest BCUT2D eigenvalue weighted by Crippen LogP contribution is 2.34. The lowest BCUT2D eigenvalue weighted by Gasteiger charge is -2.43. The molecule has 31 heavy (non-hydrogen) atoms. The SMILES string of the molecule is Nc1nnc(-c2ccccc2O)cc1C#CC1CC(OC2CCN(C3CCC3)CC2)C1. The number of para-hydroxylation sites is 1. The van der Waals surface area contributed by atoms with Crippen molar-refractivity contribution in [3.05, 3.63) is 35.9 Å². The van der Waals surface area contributed by atoms with Gasteiger partial charge in [0, 0.05) is 30.6 Å². The number of likely N-dealkylation sites (tertiary alicyclic amines) is 1. The molecule has 1 saturated heterocycles. The minimum absolute atomic E-state index is 0.165. The molecule has 2 aromatic rings. The maximum Gasteiger partial charge on any atom is 0.161 e. The molecular formula is C25H30N4O2. The van der Waals surface area contributed by atoms with E-state index in [2.05, 4.69) is 26.9 Å². The van der Waals surface area contributed by atoms with Gasteiger partial charge in [-0.15, -0.1) is 10.2 Å². The molecule has 162 valence electrons. The van der Waals surface area contributed by atoms with Crippen molar-refractivity contribution < 1.29 is 9.84 Å². The van der Waals surface area contributed by atoms with Gasteiger partial charge in [0.25, 0.3) is 0 Å². The van der Waals surface area contributed by atoms with Crippen LogP contribution in [0.1, 0.15) is 50.5 Å². The van der Waals surface area contributed by atoms with Crippen LogP contribution in [0.3, 0.4) is 0 Å². The molecule has 3 aliphatic rings. The zero-order chi connectivity index (χ0) is 21.2. The Balaban J connectivity index is 1.13. The Labute approximate surface area is 183 Å². The summed E-state index contributed by atoms with van der Waals surface area (Å²) in [7, 11) is 0. The predicted molar refractivity (Wildman–Crippen MR) is 120 cm³/mol. The summed E-state index contributed by atoms with van der Waals surface area (Å²) in [5.41, 5.74) is 7.83. The van der Waals surface area contributed by atoms with Crippen LogP contribution < -0.4 is 5.73 Å². The van der Waals surface area contributed by atoms with Crippen LogP contribution in [0.15, 0.2) is 30.3 Å². The van der Waals surface area contributed by atoms with Crippen molar-refractivity contribution in [3.63, 3.8) is 0 Å². The van der Waals surface area contributed by atoms with Crippen LogP contribution >= 0.6 is 0 Å². The standard InChI is InChI=1S/C25H30N4O2/c26-25-18(16-23(27-28-25)22-6-1-2-7-24(22)30)9-8-17-14-21(15-17)31-20-10-12-29(13-11-20)19-4-3-5-19/h1-2,6-7,16-17,19-21,30H,3-5,10-15H2,(H2,26,28). The molecule has 0 unspecified atom stereocenters. The van der Waals surface area contributed by atoms with Crippen LogP contribution in [0.25, 0.3) is 11.3 Å². The topological polar surface area (TPSA) is 84.5 Å². The van der Waals surface area contributed by atoms with Crippen molar-refractivity contribution in [1.82, 2.24) is 15.1 Å². The van der Waals surface area contributed by atoms with Gasteiger partial charge in [-0.1, -0.05) is 30.4 Å². The molecule has 0 atom stereocenters. The van der Waals surface area contributed by atoms with Crippen molar-refractivity contribution >= 4 is 5.82 Å². The quantitative estimate of drug-likeness (QED) is 0.738. The average Bonchev–Trinajstić information content (AvgIpc) is 2.71. The second kappa shape index (κ2) is 8.86. The number of phenolic OH excluding ortho intramolecular Hbond substituents is 1. The molecule has 1 aliphatic heterocycles. The first kappa shape index (κ1) is 20.3. The Kier molecular flexibility index (Phi) is 5.80. The molecular weight excluding hydrogens is 388 g/mol. The number of benzene rings is 1. The van der Waals surface area contributed by atoms with E-state index in [-0.39, 0.29) is 5.75 Å². The van der Waals surface area contributed by atoms with Gasteiger partial charge in [0.15, 0.2) is 5.82 Å². The first-order chi connectivity index (χ1) is 15.2. The monoisotopic (exact) mass is 418 g/mol. The summed E-state index contributed by atoms with van der Waals surface area (Å²) in [6, 6.07) is 9.71. The number of nitrogens with zero attached hydrogens (tertiary/aromatic N) is 3. The van der Waals surface area contributed by atoms with Crippen LogP contribution in [-0.2, 0) is 4.74 Å². The summed E-state index contributed by atoms with van der Waals surface area (Å²) in [5.74, 6) is 7.32. The Morgan fingerprint density at radius 3 is 2.52 bits per heavy atom. The number of nitrogens with two attached hydrogens (primary N) is 1. The van der Waals surface area contributed by atoms with Crippen molar-refractivity contribution in [2.24, 2.45) is 5.92 Å². The van der Waals surface area contributed by atoms with Crippen LogP contribution in [0.4, 0.5) is 5.82 Å². The molecule has 2 heterocycles. The average molecular weight is 419 g/mol. The second-order valence-electron chi connectivity index (χ2n) is 9.06. The smallest absolute Gasteiger partial charge is 0.161 e. The Morgan fingerprint density at radius 2 is 1.81 bits per heavy atom. The molecule has 5 rings (SSSR count). The van der Waals surface area contributed by atoms with E-state index in [1.807, 2.05) is 6.07 Å². The van der Waals surface area contributed by atoms with E-state index in [1.165, 1.54) is 32.4 Å². The van der Waals surface area contributed by atoms with E-state index < -0.39 is 0 Å². The molecule has 3 N–H and O–H groups in total. The van der Waals surface area contributed by atoms with E-state index in [9.17, 15) is 5.11 Å². The van der Waals surface area contributed by atoms with Crippen LogP contribution in [-0.4, -0.2) is 51.5 Å². The van der Waals surface area contributed by atoms with E-state index >= 15 is 0 Å². The molecule has 0 spiro atoms. The van der Waals surface area contributed by atoms with Crippen molar-refractivity contribution in [1.29, 1.82) is 0 Å². The lowest BCUT2D eigenvalue weighted by molar-refractivity contribution is -0.0902. The fourth-order valence-electron chi connectivity index (χ4n) is 4.70. The minimum atomic E-state index is 0.165. The third-order valence-electron chi connectivity index (χ3n) is 6.96. The van der Waals surface area contributed by atoms with E-state index in [0.29, 0.717) is 40.8 Å². The van der Waals surface area contributed by atoms with Gasteiger partial charge in [0.2, 0.25) is 0 Å². The number of aromatic nitrogens is 2. The number of anilines is 1. The largest absolute Gasteiger partial charge is 0.507 e. The summed E-state index contributed by atoms with van der Waals surface area (Å²) in [4.78, 5) is 2.66. The molecule has 6 heteroatoms. The Morgan fingerprint density at radius 1 is 1.03 bits per heavy atom. The normalized spacial score (nSPS) is 24.6. The molecule has 1 aromatic carbocycles. The predicted octanol–water partition coefficient (Wildman–Crippen LogP) is 3.60. The molecule has 0 radical (unpaired) electrons. The number of nitrogen functional groups attached to an aromatic ring is 1. The van der Waals surface area contributed by atoms with Crippen molar-refractivity contribution in [2.75, 3.05) is 18.8 Å². The summed E-state index contributed by atoms with van der Waals surface area (Å²) >= 11 is 0. The third-order valence-corrected chi connectivity index (χ3v) is 6.96. The first-order valence-electron chi connectivity index (χ1n) is 11.5. The van der Waals surface area contributed by atoms with Gasteiger partial charge in [0.05, 0.1) is 23.5 Å². The van der Waals surface area contributed by atoms with Crippen molar-refractivity contribution in [3.8, 4) is 28.8 Å². The van der Waals surface area contributed by atoms with Gasteiger partial charge >= 0.3 is 0 Å². The summed E-state index contributed by atoms with van der Waals surface area (Å²) in [6.07, 6.45) is 9.24. The minimum Gasteiger partial charge on any atom is -0.507 e. The van der Waals surface area contributed by atoms with Gasteiger partial charge in [0.1, 0.15) is 5.75 Å². The zero-order valence-corrected chi connectivity index (χ0v) is 17.8. The van der Waals surface area contributed by atoms with Gasteiger partial charge in [-0.3, -0.25) is 0 Å². The number of piperidine rings is 1. The van der Waals surface area contributed by atoms with Gasteiger partial charge in [-0.2, -0.15) is 0 Å². The Bertz CT molecular complexity index is 981. The van der Waals surface area contributed by atoms with Gasteiger partial charge in [-0.25, -0.2) is 0 Å². The van der Waals surface area contributed by atoms with Crippen LogP contribution in [0, 0.1) is 17.8 Å². The molecule has 2 saturated carbocycles. The van der Waals surface area contributed by atoms with Gasteiger partial charge in [-0.05, 0) is 56.7 Å². The second-order valence-corrected chi connectivity index (χ2v) is 9.06. The number of hydrogen-bond donors (Lipinski definition) is 2. The fraction of sp³-hybridized carbons (Fsp3) is 0.520. The number of hydrogen-bond acceptors (Lipinski definition) is 6. The Hall–Kier alpha value is -2.62. The molecule has 0 bridgehead atoms. The highest BCUT2D eigenvalue weighted by Gasteiger charge is 2.34. The summed E-state index contributed by atoms with van der Waals surface area (Å²) < 4.78 is 6.33. The highest BCUT2D eigenvalue weighted by atomic mass is 16.5. The molecule has 6 nitrogen and oxygen atoms in total. The molecule has 0 amide bonds. The maximum atomic E-state index is 10.1.